The van der Waals surface area contributed by atoms with Gasteiger partial charge in [0, 0.05) is 5.69 Å². The van der Waals surface area contributed by atoms with Gasteiger partial charge in [-0.25, -0.2) is 0 Å². The molecule has 1 atom stereocenters. The van der Waals surface area contributed by atoms with E-state index in [2.05, 4.69) is 0 Å². The van der Waals surface area contributed by atoms with Gasteiger partial charge < -0.3 is 14.6 Å². The summed E-state index contributed by atoms with van der Waals surface area (Å²) in [4.78, 5) is 27.3. The molecule has 1 aliphatic heterocycles. The largest absolute Gasteiger partial charge is 0.507 e. The van der Waals surface area contributed by atoms with Crippen molar-refractivity contribution in [3.8, 4) is 11.5 Å². The second kappa shape index (κ2) is 9.17. The standard InChI is InChI=1S/C26H20F3NO5/c1-34-18-12-10-15(11-13-18)22-21(23(31)19-8-3-4-9-20(19)35-2)24(32)25(33)30(22)17-7-5-6-16(14-17)26(27,28)29/h3-14,22,31H,1-2H3/b23-21+. The first-order chi connectivity index (χ1) is 16.7. The molecule has 1 saturated heterocycles. The smallest absolute Gasteiger partial charge is 0.416 e. The lowest BCUT2D eigenvalue weighted by Gasteiger charge is -2.26. The van der Waals surface area contributed by atoms with Gasteiger partial charge in [-0.05, 0) is 48.0 Å². The summed E-state index contributed by atoms with van der Waals surface area (Å²) in [6.45, 7) is 0. The maximum atomic E-state index is 13.4. The molecule has 0 saturated carbocycles. The van der Waals surface area contributed by atoms with E-state index in [1.54, 1.807) is 42.5 Å². The summed E-state index contributed by atoms with van der Waals surface area (Å²) in [5.41, 5.74) is -0.839. The molecule has 1 heterocycles. The predicted molar refractivity (Wildman–Crippen MR) is 122 cm³/mol. The molecule has 1 amide bonds. The van der Waals surface area contributed by atoms with Gasteiger partial charge in [0.2, 0.25) is 0 Å². The van der Waals surface area contributed by atoms with E-state index in [9.17, 15) is 27.9 Å². The highest BCUT2D eigenvalue weighted by molar-refractivity contribution is 6.51. The number of amides is 1. The minimum absolute atomic E-state index is 0.137. The fourth-order valence-electron chi connectivity index (χ4n) is 4.02. The Hall–Kier alpha value is -4.27. The zero-order chi connectivity index (χ0) is 25.3. The zero-order valence-electron chi connectivity index (χ0n) is 18.7. The Morgan fingerprint density at radius 1 is 0.914 bits per heavy atom. The molecule has 3 aromatic carbocycles. The van der Waals surface area contributed by atoms with Crippen molar-refractivity contribution < 1.29 is 37.3 Å². The van der Waals surface area contributed by atoms with E-state index in [-0.39, 0.29) is 22.6 Å². The minimum atomic E-state index is -4.66. The molecule has 1 fully saturated rings. The number of alkyl halides is 3. The van der Waals surface area contributed by atoms with Crippen LogP contribution in [0.4, 0.5) is 18.9 Å². The van der Waals surface area contributed by atoms with Gasteiger partial charge in [-0.3, -0.25) is 14.5 Å². The second-order valence-electron chi connectivity index (χ2n) is 7.69. The van der Waals surface area contributed by atoms with E-state index in [1.807, 2.05) is 0 Å². The lowest BCUT2D eigenvalue weighted by molar-refractivity contribution is -0.137. The Morgan fingerprint density at radius 3 is 2.23 bits per heavy atom. The van der Waals surface area contributed by atoms with Crippen LogP contribution >= 0.6 is 0 Å². The quantitative estimate of drug-likeness (QED) is 0.301. The number of anilines is 1. The summed E-state index contributed by atoms with van der Waals surface area (Å²) < 4.78 is 50.6. The number of ketones is 1. The number of aliphatic hydroxyl groups is 1. The number of rotatable bonds is 5. The highest BCUT2D eigenvalue weighted by Crippen LogP contribution is 2.44. The highest BCUT2D eigenvalue weighted by atomic mass is 19.4. The predicted octanol–water partition coefficient (Wildman–Crippen LogP) is 5.35. The average Bonchev–Trinajstić information content (AvgIpc) is 3.13. The topological polar surface area (TPSA) is 76.1 Å². The van der Waals surface area contributed by atoms with Gasteiger partial charge in [-0.2, -0.15) is 13.2 Å². The molecular formula is C26H20F3NO5. The number of ether oxygens (including phenoxy) is 2. The van der Waals surface area contributed by atoms with Gasteiger partial charge in [-0.15, -0.1) is 0 Å². The Kier molecular flexibility index (Phi) is 6.26. The van der Waals surface area contributed by atoms with Gasteiger partial charge in [0.25, 0.3) is 11.7 Å². The van der Waals surface area contributed by atoms with Crippen LogP contribution < -0.4 is 14.4 Å². The molecule has 0 aromatic heterocycles. The average molecular weight is 483 g/mol. The Balaban J connectivity index is 1.96. The van der Waals surface area contributed by atoms with Crippen LogP contribution in [-0.4, -0.2) is 31.0 Å². The highest BCUT2D eigenvalue weighted by Gasteiger charge is 2.47. The lowest BCUT2D eigenvalue weighted by Crippen LogP contribution is -2.29. The summed E-state index contributed by atoms with van der Waals surface area (Å²) >= 11 is 0. The first-order valence-corrected chi connectivity index (χ1v) is 10.4. The van der Waals surface area contributed by atoms with Gasteiger partial charge in [-0.1, -0.05) is 30.3 Å². The molecule has 3 aromatic rings. The molecule has 0 aliphatic carbocycles. The van der Waals surface area contributed by atoms with E-state index >= 15 is 0 Å². The number of methoxy groups -OCH3 is 2. The van der Waals surface area contributed by atoms with Crippen molar-refractivity contribution >= 4 is 23.1 Å². The fraction of sp³-hybridized carbons (Fsp3) is 0.154. The molecule has 4 rings (SSSR count). The number of carbonyl (C=O) groups is 2. The molecule has 6 nitrogen and oxygen atoms in total. The summed E-state index contributed by atoms with van der Waals surface area (Å²) in [6.07, 6.45) is -4.66. The van der Waals surface area contributed by atoms with Gasteiger partial charge in [0.05, 0.1) is 37.0 Å². The molecule has 1 N–H and O–H groups in total. The fourth-order valence-corrected chi connectivity index (χ4v) is 4.02. The lowest BCUT2D eigenvalue weighted by atomic mass is 9.94. The van der Waals surface area contributed by atoms with Crippen LogP contribution in [-0.2, 0) is 15.8 Å². The summed E-state index contributed by atoms with van der Waals surface area (Å²) in [5.74, 6) is -1.86. The summed E-state index contributed by atoms with van der Waals surface area (Å²) in [5, 5.41) is 11.2. The zero-order valence-corrected chi connectivity index (χ0v) is 18.7. The van der Waals surface area contributed by atoms with Crippen LogP contribution in [0.25, 0.3) is 5.76 Å². The molecule has 9 heteroatoms. The molecular weight excluding hydrogens is 463 g/mol. The van der Waals surface area contributed by atoms with Crippen LogP contribution in [0, 0.1) is 0 Å². The van der Waals surface area contributed by atoms with Crippen molar-refractivity contribution in [3.05, 3.63) is 95.1 Å². The van der Waals surface area contributed by atoms with Crippen LogP contribution in [0.5, 0.6) is 11.5 Å². The summed E-state index contributed by atoms with van der Waals surface area (Å²) in [6, 6.07) is 15.6. The maximum absolute atomic E-state index is 13.4. The Bertz CT molecular complexity index is 1320. The first-order valence-electron chi connectivity index (χ1n) is 10.4. The van der Waals surface area contributed by atoms with E-state index in [1.165, 1.54) is 26.4 Å². The van der Waals surface area contributed by atoms with Crippen molar-refractivity contribution in [1.29, 1.82) is 0 Å². The normalized spacial score (nSPS) is 17.5. The number of Topliss-reactive ketones (excluding diaryl/α,β-unsaturated/α-hetero) is 1. The van der Waals surface area contributed by atoms with Crippen molar-refractivity contribution in [3.63, 3.8) is 0 Å². The minimum Gasteiger partial charge on any atom is -0.507 e. The number of benzene rings is 3. The number of para-hydroxylation sites is 1. The van der Waals surface area contributed by atoms with Crippen molar-refractivity contribution in [2.45, 2.75) is 12.2 Å². The maximum Gasteiger partial charge on any atom is 0.416 e. The molecule has 1 unspecified atom stereocenters. The number of aliphatic hydroxyl groups excluding tert-OH is 1. The van der Waals surface area contributed by atoms with Gasteiger partial charge >= 0.3 is 6.18 Å². The van der Waals surface area contributed by atoms with Crippen molar-refractivity contribution in [1.82, 2.24) is 0 Å². The Morgan fingerprint density at radius 2 is 1.60 bits per heavy atom. The van der Waals surface area contributed by atoms with Crippen LogP contribution in [0.2, 0.25) is 0 Å². The number of carbonyl (C=O) groups excluding carboxylic acids is 2. The molecule has 35 heavy (non-hydrogen) atoms. The molecule has 180 valence electrons. The SMILES string of the molecule is COc1ccc(C2/C(=C(\O)c3ccccc3OC)C(=O)C(=O)N2c2cccc(C(F)(F)F)c2)cc1. The van der Waals surface area contributed by atoms with Crippen LogP contribution in [0.1, 0.15) is 22.7 Å². The van der Waals surface area contributed by atoms with Gasteiger partial charge in [0.15, 0.2) is 0 Å². The van der Waals surface area contributed by atoms with E-state index in [0.717, 1.165) is 23.1 Å². The molecule has 1 aliphatic rings. The number of hydrogen-bond donors (Lipinski definition) is 1. The van der Waals surface area contributed by atoms with Crippen molar-refractivity contribution in [2.75, 3.05) is 19.1 Å². The summed E-state index contributed by atoms with van der Waals surface area (Å²) in [7, 11) is 2.85. The number of hydrogen-bond acceptors (Lipinski definition) is 5. The molecule has 0 bridgehead atoms. The monoisotopic (exact) mass is 483 g/mol. The molecule has 0 spiro atoms. The third-order valence-corrected chi connectivity index (χ3v) is 5.69. The Labute approximate surface area is 198 Å². The van der Waals surface area contributed by atoms with Crippen LogP contribution in [0.3, 0.4) is 0 Å². The number of nitrogens with zero attached hydrogens (tertiary/aromatic N) is 1. The van der Waals surface area contributed by atoms with E-state index in [4.69, 9.17) is 9.47 Å². The second-order valence-corrected chi connectivity index (χ2v) is 7.69. The van der Waals surface area contributed by atoms with E-state index < -0.39 is 35.2 Å². The third kappa shape index (κ3) is 4.32. The van der Waals surface area contributed by atoms with E-state index in [0.29, 0.717) is 11.3 Å². The van der Waals surface area contributed by atoms with Gasteiger partial charge in [0.1, 0.15) is 17.3 Å². The third-order valence-electron chi connectivity index (χ3n) is 5.69. The first kappa shape index (κ1) is 23.9. The van der Waals surface area contributed by atoms with Crippen molar-refractivity contribution in [2.24, 2.45) is 0 Å². The van der Waals surface area contributed by atoms with Crippen LogP contribution in [0.15, 0.2) is 78.4 Å². The number of halogens is 3. The molecule has 0 radical (unpaired) electrons.